The number of anilines is 1. The fraction of sp³-hybridized carbons (Fsp3) is 0.613. The molecule has 8 rings (SSSR count). The molecule has 4 bridgehead atoms. The highest BCUT2D eigenvalue weighted by molar-refractivity contribution is 8.01. The molecule has 36 heavy (non-hydrogen) atoms. The maximum atomic E-state index is 11.5. The lowest BCUT2D eigenvalue weighted by atomic mass is 9.48. The maximum Gasteiger partial charge on any atom is 0.121 e. The van der Waals surface area contributed by atoms with E-state index in [1.165, 1.54) is 73.1 Å². The average Bonchev–Trinajstić information content (AvgIpc) is 2.89. The van der Waals surface area contributed by atoms with E-state index >= 15 is 0 Å². The molecule has 1 N–H and O–H groups in total. The van der Waals surface area contributed by atoms with Gasteiger partial charge in [-0.25, -0.2) is 0 Å². The Morgan fingerprint density at radius 2 is 1.67 bits per heavy atom. The van der Waals surface area contributed by atoms with Crippen molar-refractivity contribution in [2.45, 2.75) is 62.4 Å². The Labute approximate surface area is 220 Å². The summed E-state index contributed by atoms with van der Waals surface area (Å²) in [5.74, 6) is 4.32. The Balaban J connectivity index is 0.996. The predicted molar refractivity (Wildman–Crippen MR) is 147 cm³/mol. The van der Waals surface area contributed by atoms with E-state index in [-0.39, 0.29) is 11.5 Å². The van der Waals surface area contributed by atoms with Gasteiger partial charge in [-0.15, -0.1) is 0 Å². The first kappa shape index (κ1) is 23.4. The molecule has 0 amide bonds. The molecule has 1 saturated heterocycles. The highest BCUT2D eigenvalue weighted by atomic mass is 32.2. The molecule has 2 heterocycles. The summed E-state index contributed by atoms with van der Waals surface area (Å²) in [6.07, 6.45) is 10.5. The second kappa shape index (κ2) is 9.25. The van der Waals surface area contributed by atoms with E-state index in [4.69, 9.17) is 4.74 Å². The van der Waals surface area contributed by atoms with Crippen molar-refractivity contribution in [2.75, 3.05) is 37.6 Å². The Morgan fingerprint density at radius 1 is 0.972 bits per heavy atom. The second-order valence-electron chi connectivity index (χ2n) is 12.6. The Kier molecular flexibility index (Phi) is 6.02. The van der Waals surface area contributed by atoms with Gasteiger partial charge in [0.05, 0.1) is 18.9 Å². The molecule has 0 aromatic heterocycles. The molecule has 5 heteroatoms. The third-order valence-electron chi connectivity index (χ3n) is 10.2. The molecular weight excluding hydrogens is 464 g/mol. The van der Waals surface area contributed by atoms with Crippen molar-refractivity contribution in [3.8, 4) is 16.9 Å². The summed E-state index contributed by atoms with van der Waals surface area (Å²) in [7, 11) is 1.75. The monoisotopic (exact) mass is 504 g/mol. The lowest BCUT2D eigenvalue weighted by molar-refractivity contribution is -0.127. The van der Waals surface area contributed by atoms with Crippen LogP contribution in [0.25, 0.3) is 11.1 Å². The van der Waals surface area contributed by atoms with Gasteiger partial charge in [0.1, 0.15) is 5.75 Å². The van der Waals surface area contributed by atoms with Crippen molar-refractivity contribution in [1.82, 2.24) is 4.90 Å². The molecule has 1 atom stereocenters. The van der Waals surface area contributed by atoms with Crippen LogP contribution >= 0.6 is 11.9 Å². The van der Waals surface area contributed by atoms with E-state index in [2.05, 4.69) is 51.7 Å². The number of hydrogen-bond donors (Lipinski definition) is 1. The van der Waals surface area contributed by atoms with Crippen molar-refractivity contribution in [1.29, 1.82) is 0 Å². The fourth-order valence-corrected chi connectivity index (χ4v) is 9.94. The van der Waals surface area contributed by atoms with E-state index in [0.717, 1.165) is 49.7 Å². The van der Waals surface area contributed by atoms with E-state index in [1.54, 1.807) is 7.11 Å². The fourth-order valence-electron chi connectivity index (χ4n) is 8.75. The van der Waals surface area contributed by atoms with Gasteiger partial charge in [0.15, 0.2) is 0 Å². The number of β-amino-alcohol motifs (C(OH)–C–C–N with tert-alkyl or cyclic N) is 1. The van der Waals surface area contributed by atoms with Crippen LogP contribution in [0.3, 0.4) is 0 Å². The molecule has 4 nitrogen and oxygen atoms in total. The van der Waals surface area contributed by atoms with E-state index in [9.17, 15) is 5.11 Å². The molecule has 192 valence electrons. The first-order chi connectivity index (χ1) is 17.6. The summed E-state index contributed by atoms with van der Waals surface area (Å²) in [6, 6.07) is 15.3. The first-order valence-corrected chi connectivity index (χ1v) is 15.0. The van der Waals surface area contributed by atoms with Crippen molar-refractivity contribution in [3.63, 3.8) is 0 Å². The number of benzene rings is 2. The van der Waals surface area contributed by atoms with Gasteiger partial charge in [-0.2, -0.15) is 0 Å². The summed E-state index contributed by atoms with van der Waals surface area (Å²) in [5, 5.41) is 11.5. The lowest BCUT2D eigenvalue weighted by Crippen LogP contribution is -2.55. The summed E-state index contributed by atoms with van der Waals surface area (Å²) in [4.78, 5) is 3.92. The molecule has 2 aliphatic heterocycles. The van der Waals surface area contributed by atoms with E-state index < -0.39 is 0 Å². The van der Waals surface area contributed by atoms with Crippen molar-refractivity contribution in [2.24, 2.45) is 29.1 Å². The molecule has 0 unspecified atom stereocenters. The standard InChI is InChI=1S/C31H40N2O2S/c1-35-25-6-7-26-27-4-2-3-5-29(27)36-33(28(26)15-25)19-21-8-10-32(11-9-21)20-30(34)31-16-22-12-23(17-31)14-24(13-22)18-31/h2-7,15,21-24,30,34H,8-14,16-20H2,1H3/t22?,23?,24?,30-,31?/m0/s1. The minimum absolute atomic E-state index is 0.129. The Morgan fingerprint density at radius 3 is 2.36 bits per heavy atom. The number of aliphatic hydroxyl groups is 1. The molecule has 0 spiro atoms. The smallest absolute Gasteiger partial charge is 0.121 e. The quantitative estimate of drug-likeness (QED) is 0.456. The first-order valence-electron chi connectivity index (χ1n) is 14.2. The van der Waals surface area contributed by atoms with Crippen LogP contribution in [0, 0.1) is 29.1 Å². The molecule has 4 saturated carbocycles. The summed E-state index contributed by atoms with van der Waals surface area (Å²) in [6.45, 7) is 4.19. The van der Waals surface area contributed by atoms with Crippen molar-refractivity contribution >= 4 is 17.6 Å². The van der Waals surface area contributed by atoms with Gasteiger partial charge in [-0.3, -0.25) is 0 Å². The van der Waals surface area contributed by atoms with Crippen LogP contribution in [0.4, 0.5) is 5.69 Å². The third-order valence-corrected chi connectivity index (χ3v) is 11.3. The topological polar surface area (TPSA) is 35.9 Å². The normalized spacial score (nSPS) is 32.3. The zero-order valence-electron chi connectivity index (χ0n) is 21.6. The van der Waals surface area contributed by atoms with Gasteiger partial charge in [-0.05, 0) is 129 Å². The van der Waals surface area contributed by atoms with Crippen LogP contribution in [0.1, 0.15) is 51.4 Å². The predicted octanol–water partition coefficient (Wildman–Crippen LogP) is 6.48. The molecule has 4 aliphatic carbocycles. The van der Waals surface area contributed by atoms with Crippen molar-refractivity contribution in [3.05, 3.63) is 42.5 Å². The number of likely N-dealkylation sites (tertiary alicyclic amines) is 1. The zero-order chi connectivity index (χ0) is 24.3. The number of nitrogens with zero attached hydrogens (tertiary/aromatic N) is 2. The van der Waals surface area contributed by atoms with Gasteiger partial charge >= 0.3 is 0 Å². The van der Waals surface area contributed by atoms with Crippen molar-refractivity contribution < 1.29 is 9.84 Å². The molecular formula is C31H40N2O2S. The number of rotatable bonds is 6. The molecule has 2 aromatic rings. The molecule has 6 aliphatic rings. The maximum absolute atomic E-state index is 11.5. The van der Waals surface area contributed by atoms with Gasteiger partial charge in [0.25, 0.3) is 0 Å². The summed E-state index contributed by atoms with van der Waals surface area (Å²) in [5.41, 5.74) is 4.15. The van der Waals surface area contributed by atoms with Gasteiger partial charge in [0.2, 0.25) is 0 Å². The second-order valence-corrected chi connectivity index (χ2v) is 13.6. The van der Waals surface area contributed by atoms with Crippen LogP contribution < -0.4 is 9.04 Å². The van der Waals surface area contributed by atoms with Crippen LogP contribution in [0.15, 0.2) is 47.4 Å². The molecule has 0 radical (unpaired) electrons. The Hall–Kier alpha value is -1.69. The van der Waals surface area contributed by atoms with Crippen LogP contribution in [-0.4, -0.2) is 49.4 Å². The van der Waals surface area contributed by atoms with Crippen LogP contribution in [-0.2, 0) is 0 Å². The molecule has 2 aromatic carbocycles. The van der Waals surface area contributed by atoms with E-state index in [0.29, 0.717) is 5.92 Å². The summed E-state index contributed by atoms with van der Waals surface area (Å²) >= 11 is 1.88. The minimum Gasteiger partial charge on any atom is -0.497 e. The number of ether oxygens (including phenoxy) is 1. The van der Waals surface area contributed by atoms with Gasteiger partial charge < -0.3 is 19.0 Å². The van der Waals surface area contributed by atoms with E-state index in [1.807, 2.05) is 11.9 Å². The average molecular weight is 505 g/mol. The van der Waals surface area contributed by atoms with Crippen LogP contribution in [0.5, 0.6) is 5.75 Å². The van der Waals surface area contributed by atoms with Gasteiger partial charge in [0, 0.05) is 29.6 Å². The summed E-state index contributed by atoms with van der Waals surface area (Å²) < 4.78 is 8.08. The number of methoxy groups -OCH3 is 1. The number of hydrogen-bond acceptors (Lipinski definition) is 5. The number of aliphatic hydroxyl groups excluding tert-OH is 1. The largest absolute Gasteiger partial charge is 0.497 e. The molecule has 5 fully saturated rings. The number of piperidine rings is 1. The third kappa shape index (κ3) is 4.16. The lowest BCUT2D eigenvalue weighted by Gasteiger charge is -2.59. The van der Waals surface area contributed by atoms with Crippen LogP contribution in [0.2, 0.25) is 0 Å². The number of fused-ring (bicyclic) bond motifs is 3. The SMILES string of the molecule is COc1ccc2c(c1)N(CC1CCN(C[C@H](O)C34CC5CC(CC(C5)C3)C4)CC1)Sc1ccccc1-2. The zero-order valence-corrected chi connectivity index (χ0v) is 22.4. The highest BCUT2D eigenvalue weighted by Crippen LogP contribution is 2.61. The minimum atomic E-state index is -0.129. The highest BCUT2D eigenvalue weighted by Gasteiger charge is 2.54. The van der Waals surface area contributed by atoms with Gasteiger partial charge in [-0.1, -0.05) is 18.2 Å². The Bertz CT molecular complexity index is 1080.